The van der Waals surface area contributed by atoms with Gasteiger partial charge in [0.1, 0.15) is 5.01 Å². The number of aromatic nitrogens is 1. The minimum Gasteiger partial charge on any atom is -0.379 e. The summed E-state index contributed by atoms with van der Waals surface area (Å²) in [6.07, 6.45) is 1.08. The van der Waals surface area contributed by atoms with E-state index in [1.807, 2.05) is 6.07 Å². The second-order valence-electron chi connectivity index (χ2n) is 4.79. The molecule has 1 unspecified atom stereocenters. The smallest absolute Gasteiger partial charge is 0.108 e. The van der Waals surface area contributed by atoms with Crippen LogP contribution in [0.25, 0.3) is 10.2 Å². The number of nitrogens with one attached hydrogen (secondary N) is 1. The van der Waals surface area contributed by atoms with Crippen molar-refractivity contribution in [1.82, 2.24) is 10.3 Å². The Morgan fingerprint density at radius 2 is 2.35 bits per heavy atom. The van der Waals surface area contributed by atoms with E-state index < -0.39 is 0 Å². The molecule has 4 heteroatoms. The van der Waals surface area contributed by atoms with Crippen molar-refractivity contribution in [3.8, 4) is 0 Å². The van der Waals surface area contributed by atoms with Gasteiger partial charge in [0.05, 0.1) is 16.8 Å². The van der Waals surface area contributed by atoms with Crippen LogP contribution in [0.4, 0.5) is 0 Å². The van der Waals surface area contributed by atoms with Crippen molar-refractivity contribution in [3.05, 3.63) is 29.3 Å². The van der Waals surface area contributed by atoms with Crippen molar-refractivity contribution >= 4 is 21.6 Å². The largest absolute Gasteiger partial charge is 0.379 e. The highest BCUT2D eigenvalue weighted by atomic mass is 32.1. The number of thiazole rings is 1. The molecule has 1 fully saturated rings. The predicted octanol–water partition coefficient (Wildman–Crippen LogP) is 2.56. The molecule has 0 aliphatic carbocycles. The molecular weight excluding hydrogens is 232 g/mol. The van der Waals surface area contributed by atoms with Gasteiger partial charge >= 0.3 is 0 Å². The van der Waals surface area contributed by atoms with Crippen molar-refractivity contribution in [2.45, 2.75) is 25.4 Å². The molecule has 0 spiro atoms. The van der Waals surface area contributed by atoms with Gasteiger partial charge in [-0.25, -0.2) is 4.98 Å². The number of fused-ring (bicyclic) bond motifs is 1. The van der Waals surface area contributed by atoms with Gasteiger partial charge in [-0.05, 0) is 25.5 Å². The number of nitrogens with zero attached hydrogens (tertiary/aromatic N) is 1. The number of hydrogen-bond acceptors (Lipinski definition) is 4. The van der Waals surface area contributed by atoms with Crippen LogP contribution in [0.1, 0.15) is 18.4 Å². The van der Waals surface area contributed by atoms with Crippen LogP contribution in [-0.4, -0.2) is 23.7 Å². The fraction of sp³-hybridized carbons (Fsp3) is 0.462. The zero-order chi connectivity index (χ0) is 11.7. The third kappa shape index (κ3) is 2.34. The summed E-state index contributed by atoms with van der Waals surface area (Å²) < 4.78 is 6.69. The lowest BCUT2D eigenvalue weighted by Crippen LogP contribution is -2.42. The number of benzene rings is 1. The zero-order valence-electron chi connectivity index (χ0n) is 9.90. The molecule has 90 valence electrons. The minimum absolute atomic E-state index is 0.123. The summed E-state index contributed by atoms with van der Waals surface area (Å²) >= 11 is 1.76. The Hall–Kier alpha value is -0.970. The molecule has 0 bridgehead atoms. The average molecular weight is 248 g/mol. The van der Waals surface area contributed by atoms with Gasteiger partial charge in [-0.1, -0.05) is 12.1 Å². The van der Waals surface area contributed by atoms with Crippen molar-refractivity contribution in [3.63, 3.8) is 0 Å². The first-order valence-electron chi connectivity index (χ1n) is 5.92. The number of para-hydroxylation sites is 1. The standard InChI is InChI=1S/C13H16N2OS/c1-13(6-7-16-9-13)14-8-12-15-10-4-2-3-5-11(10)17-12/h2-5,14H,6-9H2,1H3. The average Bonchev–Trinajstić information content (AvgIpc) is 2.93. The van der Waals surface area contributed by atoms with Crippen LogP contribution in [0, 0.1) is 0 Å². The molecule has 2 heterocycles. The normalized spacial score (nSPS) is 24.5. The second kappa shape index (κ2) is 4.37. The molecule has 0 radical (unpaired) electrons. The number of rotatable bonds is 3. The quantitative estimate of drug-likeness (QED) is 0.906. The molecular formula is C13H16N2OS. The van der Waals surface area contributed by atoms with Crippen molar-refractivity contribution in [2.75, 3.05) is 13.2 Å². The summed E-state index contributed by atoms with van der Waals surface area (Å²) in [5.41, 5.74) is 1.22. The summed E-state index contributed by atoms with van der Waals surface area (Å²) in [6.45, 7) is 4.72. The maximum Gasteiger partial charge on any atom is 0.108 e. The Kier molecular flexibility index (Phi) is 2.86. The fourth-order valence-electron chi connectivity index (χ4n) is 2.09. The third-order valence-corrected chi connectivity index (χ3v) is 4.26. The van der Waals surface area contributed by atoms with Crippen molar-refractivity contribution in [1.29, 1.82) is 0 Å². The molecule has 1 N–H and O–H groups in total. The van der Waals surface area contributed by atoms with E-state index >= 15 is 0 Å². The Morgan fingerprint density at radius 3 is 3.12 bits per heavy atom. The predicted molar refractivity (Wildman–Crippen MR) is 70.3 cm³/mol. The molecule has 0 saturated carbocycles. The van der Waals surface area contributed by atoms with E-state index in [9.17, 15) is 0 Å². The Bertz CT molecular complexity index is 484. The van der Waals surface area contributed by atoms with Gasteiger partial charge in [0.15, 0.2) is 0 Å². The highest BCUT2D eigenvalue weighted by Gasteiger charge is 2.28. The van der Waals surface area contributed by atoms with E-state index in [0.29, 0.717) is 0 Å². The molecule has 1 aromatic heterocycles. The molecule has 1 aliphatic heterocycles. The molecule has 17 heavy (non-hydrogen) atoms. The van der Waals surface area contributed by atoms with Crippen LogP contribution in [0.5, 0.6) is 0 Å². The van der Waals surface area contributed by atoms with Gasteiger partial charge in [-0.3, -0.25) is 0 Å². The highest BCUT2D eigenvalue weighted by Crippen LogP contribution is 2.23. The minimum atomic E-state index is 0.123. The monoisotopic (exact) mass is 248 g/mol. The first kappa shape index (κ1) is 11.1. The van der Waals surface area contributed by atoms with Crippen molar-refractivity contribution in [2.24, 2.45) is 0 Å². The van der Waals surface area contributed by atoms with Crippen LogP contribution in [-0.2, 0) is 11.3 Å². The van der Waals surface area contributed by atoms with Gasteiger partial charge in [0.2, 0.25) is 0 Å². The maximum absolute atomic E-state index is 5.43. The van der Waals surface area contributed by atoms with Crippen LogP contribution in [0.2, 0.25) is 0 Å². The number of ether oxygens (including phenoxy) is 1. The summed E-state index contributed by atoms with van der Waals surface area (Å²) in [5.74, 6) is 0. The van der Waals surface area contributed by atoms with E-state index in [-0.39, 0.29) is 5.54 Å². The van der Waals surface area contributed by atoms with Gasteiger partial charge in [-0.15, -0.1) is 11.3 Å². The SMILES string of the molecule is CC1(NCc2nc3ccccc3s2)CCOC1. The lowest BCUT2D eigenvalue weighted by atomic mass is 10.0. The van der Waals surface area contributed by atoms with Crippen LogP contribution < -0.4 is 5.32 Å². The first-order chi connectivity index (χ1) is 8.25. The Labute approximate surface area is 105 Å². The van der Waals surface area contributed by atoms with E-state index in [4.69, 9.17) is 4.74 Å². The Balaban J connectivity index is 1.72. The molecule has 2 aromatic rings. The molecule has 1 atom stereocenters. The lowest BCUT2D eigenvalue weighted by molar-refractivity contribution is 0.171. The van der Waals surface area contributed by atoms with E-state index in [2.05, 4.69) is 35.4 Å². The van der Waals surface area contributed by atoms with Crippen LogP contribution >= 0.6 is 11.3 Å². The second-order valence-corrected chi connectivity index (χ2v) is 5.91. The third-order valence-electron chi connectivity index (χ3n) is 3.22. The molecule has 0 amide bonds. The molecule has 1 saturated heterocycles. The summed E-state index contributed by atoms with van der Waals surface area (Å²) in [7, 11) is 0. The van der Waals surface area contributed by atoms with E-state index in [1.54, 1.807) is 11.3 Å². The molecule has 3 rings (SSSR count). The molecule has 1 aromatic carbocycles. The van der Waals surface area contributed by atoms with Crippen LogP contribution in [0.3, 0.4) is 0 Å². The highest BCUT2D eigenvalue weighted by molar-refractivity contribution is 7.18. The summed E-state index contributed by atoms with van der Waals surface area (Å²) in [4.78, 5) is 4.62. The first-order valence-corrected chi connectivity index (χ1v) is 6.74. The van der Waals surface area contributed by atoms with Crippen LogP contribution in [0.15, 0.2) is 24.3 Å². The Morgan fingerprint density at radius 1 is 1.47 bits per heavy atom. The number of hydrogen-bond donors (Lipinski definition) is 1. The summed E-state index contributed by atoms with van der Waals surface area (Å²) in [5, 5.41) is 4.71. The lowest BCUT2D eigenvalue weighted by Gasteiger charge is -2.22. The zero-order valence-corrected chi connectivity index (χ0v) is 10.7. The van der Waals surface area contributed by atoms with Gasteiger partial charge < -0.3 is 10.1 Å². The topological polar surface area (TPSA) is 34.2 Å². The van der Waals surface area contributed by atoms with Gasteiger partial charge in [0.25, 0.3) is 0 Å². The van der Waals surface area contributed by atoms with Gasteiger partial charge in [0, 0.05) is 18.7 Å². The van der Waals surface area contributed by atoms with Crippen molar-refractivity contribution < 1.29 is 4.74 Å². The van der Waals surface area contributed by atoms with E-state index in [0.717, 1.165) is 36.7 Å². The molecule has 3 nitrogen and oxygen atoms in total. The summed E-state index contributed by atoms with van der Waals surface area (Å²) in [6, 6.07) is 8.28. The maximum atomic E-state index is 5.43. The fourth-order valence-corrected chi connectivity index (χ4v) is 3.00. The molecule has 1 aliphatic rings. The van der Waals surface area contributed by atoms with E-state index in [1.165, 1.54) is 4.70 Å². The van der Waals surface area contributed by atoms with Gasteiger partial charge in [-0.2, -0.15) is 0 Å².